The molecule has 0 unspecified atom stereocenters. The molecule has 0 atom stereocenters. The van der Waals surface area contributed by atoms with Crippen LogP contribution in [0, 0.1) is 13.8 Å². The number of ketones is 1. The average Bonchev–Trinajstić information content (AvgIpc) is 3.09. The fourth-order valence-corrected chi connectivity index (χ4v) is 3.51. The molecule has 0 radical (unpaired) electrons. The predicted octanol–water partition coefficient (Wildman–Crippen LogP) is 4.40. The maximum absolute atomic E-state index is 12.5. The Morgan fingerprint density at radius 2 is 1.87 bits per heavy atom. The number of carbonyl (C=O) groups excluding carboxylic acids is 2. The van der Waals surface area contributed by atoms with E-state index in [-0.39, 0.29) is 18.1 Å². The van der Waals surface area contributed by atoms with Crippen LogP contribution in [0.15, 0.2) is 61.1 Å². The van der Waals surface area contributed by atoms with Gasteiger partial charge in [0.1, 0.15) is 5.65 Å². The third-order valence-electron chi connectivity index (χ3n) is 4.99. The van der Waals surface area contributed by atoms with Gasteiger partial charge >= 0.3 is 0 Å². The molecule has 1 aromatic carbocycles. The minimum absolute atomic E-state index is 0.0167. The van der Waals surface area contributed by atoms with E-state index in [9.17, 15) is 9.59 Å². The zero-order valence-corrected chi connectivity index (χ0v) is 17.1. The smallest absolute Gasteiger partial charge is 0.229 e. The first kappa shape index (κ1) is 19.5. The number of nitrogens with one attached hydrogen (secondary N) is 1. The van der Waals surface area contributed by atoms with Gasteiger partial charge in [0.2, 0.25) is 5.91 Å². The van der Waals surface area contributed by atoms with Crippen molar-refractivity contribution in [3.63, 3.8) is 0 Å². The zero-order valence-electron chi connectivity index (χ0n) is 17.1. The first-order valence-corrected chi connectivity index (χ1v) is 9.71. The molecule has 0 aliphatic rings. The number of benzene rings is 1. The molecular weight excluding hydrogens is 376 g/mol. The van der Waals surface area contributed by atoms with Crippen molar-refractivity contribution in [3.05, 3.63) is 83.4 Å². The number of Topliss-reactive ketones (excluding diaryl/α,β-unsaturated/α-hetero) is 1. The van der Waals surface area contributed by atoms with Crippen LogP contribution >= 0.6 is 0 Å². The molecule has 3 heterocycles. The summed E-state index contributed by atoms with van der Waals surface area (Å²) in [6.07, 6.45) is 5.48. The van der Waals surface area contributed by atoms with Crippen LogP contribution in [0.1, 0.15) is 34.1 Å². The van der Waals surface area contributed by atoms with Crippen LogP contribution in [0.2, 0.25) is 0 Å². The molecule has 0 saturated heterocycles. The van der Waals surface area contributed by atoms with Crippen LogP contribution in [0.4, 0.5) is 5.82 Å². The zero-order chi connectivity index (χ0) is 21.3. The lowest BCUT2D eigenvalue weighted by Gasteiger charge is -2.09. The SMILES string of the molecule is CC(=O)c1ccc2nc(NC(=O)Cc3ccc(-c4ccnc(C)c4)c(C)c3)cn2c1. The molecule has 3 aromatic heterocycles. The predicted molar refractivity (Wildman–Crippen MR) is 117 cm³/mol. The van der Waals surface area contributed by atoms with Crippen LogP contribution in [0.25, 0.3) is 16.8 Å². The number of anilines is 1. The normalized spacial score (nSPS) is 10.9. The van der Waals surface area contributed by atoms with Crippen molar-refractivity contribution in [1.29, 1.82) is 0 Å². The Hall–Kier alpha value is -3.80. The number of hydrogen-bond donors (Lipinski definition) is 1. The topological polar surface area (TPSA) is 76.4 Å². The van der Waals surface area contributed by atoms with Crippen molar-refractivity contribution in [2.45, 2.75) is 27.2 Å². The van der Waals surface area contributed by atoms with E-state index in [2.05, 4.69) is 21.4 Å². The standard InChI is InChI=1S/C24H22N4O2/c1-15-10-18(4-6-21(15)19-8-9-25-16(2)11-19)12-24(30)27-22-14-28-13-20(17(3)29)5-7-23(28)26-22/h4-11,13-14H,12H2,1-3H3,(H,27,30). The fourth-order valence-electron chi connectivity index (χ4n) is 3.51. The van der Waals surface area contributed by atoms with Crippen LogP contribution in [0.5, 0.6) is 0 Å². The molecule has 0 aliphatic carbocycles. The largest absolute Gasteiger partial charge is 0.309 e. The van der Waals surface area contributed by atoms with Crippen molar-refractivity contribution in [1.82, 2.24) is 14.4 Å². The van der Waals surface area contributed by atoms with E-state index in [1.807, 2.05) is 38.1 Å². The monoisotopic (exact) mass is 398 g/mol. The highest BCUT2D eigenvalue weighted by Gasteiger charge is 2.10. The second kappa shape index (κ2) is 7.91. The number of carbonyl (C=O) groups is 2. The summed E-state index contributed by atoms with van der Waals surface area (Å²) >= 11 is 0. The summed E-state index contributed by atoms with van der Waals surface area (Å²) in [6.45, 7) is 5.53. The third-order valence-corrected chi connectivity index (χ3v) is 4.99. The van der Waals surface area contributed by atoms with Gasteiger partial charge in [-0.05, 0) is 67.3 Å². The molecule has 6 heteroatoms. The van der Waals surface area contributed by atoms with E-state index < -0.39 is 0 Å². The highest BCUT2D eigenvalue weighted by atomic mass is 16.1. The quantitative estimate of drug-likeness (QED) is 0.506. The summed E-state index contributed by atoms with van der Waals surface area (Å²) in [5.74, 6) is 0.301. The van der Waals surface area contributed by atoms with E-state index in [1.165, 1.54) is 6.92 Å². The van der Waals surface area contributed by atoms with Crippen molar-refractivity contribution >= 4 is 23.2 Å². The molecule has 1 amide bonds. The van der Waals surface area contributed by atoms with Crippen LogP contribution < -0.4 is 5.32 Å². The lowest BCUT2D eigenvalue weighted by atomic mass is 9.97. The van der Waals surface area contributed by atoms with E-state index in [0.29, 0.717) is 17.0 Å². The fraction of sp³-hybridized carbons (Fsp3) is 0.167. The van der Waals surface area contributed by atoms with Crippen LogP contribution in [0.3, 0.4) is 0 Å². The Morgan fingerprint density at radius 3 is 2.60 bits per heavy atom. The summed E-state index contributed by atoms with van der Waals surface area (Å²) in [5, 5.41) is 2.84. The van der Waals surface area contributed by atoms with Gasteiger partial charge in [-0.2, -0.15) is 0 Å². The van der Waals surface area contributed by atoms with Crippen molar-refractivity contribution in [3.8, 4) is 11.1 Å². The Kier molecular flexibility index (Phi) is 5.14. The second-order valence-electron chi connectivity index (χ2n) is 7.43. The Labute approximate surface area is 174 Å². The molecular formula is C24H22N4O2. The molecule has 0 aliphatic heterocycles. The molecule has 4 rings (SSSR count). The third kappa shape index (κ3) is 4.12. The number of nitrogens with zero attached hydrogens (tertiary/aromatic N) is 3. The maximum Gasteiger partial charge on any atom is 0.229 e. The first-order valence-electron chi connectivity index (χ1n) is 9.71. The highest BCUT2D eigenvalue weighted by molar-refractivity contribution is 5.94. The lowest BCUT2D eigenvalue weighted by Crippen LogP contribution is -2.14. The van der Waals surface area contributed by atoms with Gasteiger partial charge in [-0.3, -0.25) is 14.6 Å². The number of fused-ring (bicyclic) bond motifs is 1. The number of imidazole rings is 1. The van der Waals surface area contributed by atoms with Crippen molar-refractivity contribution in [2.24, 2.45) is 0 Å². The van der Waals surface area contributed by atoms with Crippen molar-refractivity contribution in [2.75, 3.05) is 5.32 Å². The number of hydrogen-bond acceptors (Lipinski definition) is 4. The van der Waals surface area contributed by atoms with Gasteiger partial charge in [0.05, 0.1) is 12.6 Å². The average molecular weight is 398 g/mol. The molecule has 6 nitrogen and oxygen atoms in total. The number of aromatic nitrogens is 3. The second-order valence-corrected chi connectivity index (χ2v) is 7.43. The summed E-state index contributed by atoms with van der Waals surface area (Å²) in [6, 6.07) is 13.6. The Balaban J connectivity index is 1.48. The number of amides is 1. The first-order chi connectivity index (χ1) is 14.4. The lowest BCUT2D eigenvalue weighted by molar-refractivity contribution is -0.115. The molecule has 4 aromatic rings. The van der Waals surface area contributed by atoms with Gasteiger partial charge < -0.3 is 9.72 Å². The molecule has 30 heavy (non-hydrogen) atoms. The summed E-state index contributed by atoms with van der Waals surface area (Å²) in [7, 11) is 0. The van der Waals surface area contributed by atoms with Gasteiger partial charge in [-0.1, -0.05) is 18.2 Å². The van der Waals surface area contributed by atoms with Gasteiger partial charge in [-0.25, -0.2) is 4.98 Å². The van der Waals surface area contributed by atoms with Gasteiger partial charge in [0.25, 0.3) is 0 Å². The molecule has 0 saturated carbocycles. The maximum atomic E-state index is 12.5. The summed E-state index contributed by atoms with van der Waals surface area (Å²) in [4.78, 5) is 32.7. The van der Waals surface area contributed by atoms with Crippen molar-refractivity contribution < 1.29 is 9.59 Å². The molecule has 0 spiro atoms. The molecule has 150 valence electrons. The van der Waals surface area contributed by atoms with E-state index >= 15 is 0 Å². The van der Waals surface area contributed by atoms with Crippen LogP contribution in [-0.2, 0) is 11.2 Å². The van der Waals surface area contributed by atoms with E-state index in [0.717, 1.165) is 27.9 Å². The minimum Gasteiger partial charge on any atom is -0.309 e. The summed E-state index contributed by atoms with van der Waals surface area (Å²) in [5.41, 5.74) is 6.52. The highest BCUT2D eigenvalue weighted by Crippen LogP contribution is 2.24. The van der Waals surface area contributed by atoms with E-state index in [4.69, 9.17) is 0 Å². The van der Waals surface area contributed by atoms with Gasteiger partial charge in [-0.15, -0.1) is 0 Å². The summed E-state index contributed by atoms with van der Waals surface area (Å²) < 4.78 is 1.74. The minimum atomic E-state index is -0.142. The Bertz CT molecular complexity index is 1270. The van der Waals surface area contributed by atoms with Gasteiger partial charge in [0, 0.05) is 23.7 Å². The van der Waals surface area contributed by atoms with Crippen LogP contribution in [-0.4, -0.2) is 26.1 Å². The number of aryl methyl sites for hydroxylation is 2. The van der Waals surface area contributed by atoms with E-state index in [1.54, 1.807) is 35.1 Å². The molecule has 0 fully saturated rings. The Morgan fingerprint density at radius 1 is 1.03 bits per heavy atom. The molecule has 0 bridgehead atoms. The van der Waals surface area contributed by atoms with Gasteiger partial charge in [0.15, 0.2) is 11.6 Å². The molecule has 1 N–H and O–H groups in total. The number of pyridine rings is 2. The number of rotatable bonds is 5.